The molecule has 0 saturated carbocycles. The molecule has 1 aromatic heterocycles. The number of carbonyl (C=O) groups is 2. The zero-order valence-electron chi connectivity index (χ0n) is 17.6. The molecule has 1 aliphatic rings. The largest absolute Gasteiger partial charge is 0.395 e. The fourth-order valence-electron chi connectivity index (χ4n) is 3.91. The highest BCUT2D eigenvalue weighted by molar-refractivity contribution is 7.17. The summed E-state index contributed by atoms with van der Waals surface area (Å²) in [7, 11) is 0. The molecule has 1 atom stereocenters. The molecule has 0 aliphatic heterocycles. The smallest absolute Gasteiger partial charge is 0.256 e. The Kier molecular flexibility index (Phi) is 6.44. The second kappa shape index (κ2) is 8.67. The molecule has 3 rings (SSSR count). The fraction of sp³-hybridized carbons (Fsp3) is 0.478. The van der Waals surface area contributed by atoms with Gasteiger partial charge in [0.05, 0.1) is 12.2 Å². The van der Waals surface area contributed by atoms with Crippen LogP contribution in [0.1, 0.15) is 63.9 Å². The van der Waals surface area contributed by atoms with Crippen LogP contribution in [0.25, 0.3) is 0 Å². The first-order valence-electron chi connectivity index (χ1n) is 10.1. The van der Waals surface area contributed by atoms with E-state index in [4.69, 9.17) is 5.11 Å². The van der Waals surface area contributed by atoms with Gasteiger partial charge in [-0.25, -0.2) is 0 Å². The number of fused-ring (bicyclic) bond motifs is 1. The summed E-state index contributed by atoms with van der Waals surface area (Å²) in [5.74, 6) is 0.109. The molecule has 5 nitrogen and oxygen atoms in total. The van der Waals surface area contributed by atoms with Gasteiger partial charge in [0, 0.05) is 17.0 Å². The summed E-state index contributed by atoms with van der Waals surface area (Å²) < 4.78 is 0. The molecular weight excluding hydrogens is 384 g/mol. The van der Waals surface area contributed by atoms with Crippen LogP contribution in [0.4, 0.5) is 5.00 Å². The SMILES string of the molecule is Cc1ccccc1C(=O)Nc1sc2c(c1C(=O)NCCO)CC[C@@H](C(C)(C)C)C2. The van der Waals surface area contributed by atoms with E-state index in [1.807, 2.05) is 25.1 Å². The number of benzene rings is 1. The molecule has 1 heterocycles. The number of aliphatic hydroxyl groups is 1. The Balaban J connectivity index is 1.95. The number of thiophene rings is 1. The lowest BCUT2D eigenvalue weighted by Gasteiger charge is -2.33. The van der Waals surface area contributed by atoms with Crippen molar-refractivity contribution < 1.29 is 14.7 Å². The van der Waals surface area contributed by atoms with Crippen LogP contribution in [0.2, 0.25) is 0 Å². The number of hydrogen-bond acceptors (Lipinski definition) is 4. The molecule has 6 heteroatoms. The van der Waals surface area contributed by atoms with E-state index in [0.29, 0.717) is 22.0 Å². The zero-order valence-corrected chi connectivity index (χ0v) is 18.4. The Morgan fingerprint density at radius 3 is 2.59 bits per heavy atom. The van der Waals surface area contributed by atoms with Gasteiger partial charge in [0.25, 0.3) is 11.8 Å². The van der Waals surface area contributed by atoms with Crippen molar-refractivity contribution in [3.8, 4) is 0 Å². The summed E-state index contributed by atoms with van der Waals surface area (Å²) in [5.41, 5.74) is 3.31. The van der Waals surface area contributed by atoms with Gasteiger partial charge in [-0.05, 0) is 54.7 Å². The highest BCUT2D eigenvalue weighted by Crippen LogP contribution is 2.44. The van der Waals surface area contributed by atoms with E-state index in [-0.39, 0.29) is 30.4 Å². The molecule has 3 N–H and O–H groups in total. The third-order valence-corrected chi connectivity index (χ3v) is 6.90. The molecule has 0 bridgehead atoms. The van der Waals surface area contributed by atoms with Gasteiger partial charge in [-0.1, -0.05) is 39.0 Å². The molecule has 2 aromatic rings. The number of anilines is 1. The maximum absolute atomic E-state index is 12.9. The summed E-state index contributed by atoms with van der Waals surface area (Å²) in [6.45, 7) is 8.75. The maximum Gasteiger partial charge on any atom is 0.256 e. The highest BCUT2D eigenvalue weighted by atomic mass is 32.1. The van der Waals surface area contributed by atoms with Gasteiger partial charge in [0.15, 0.2) is 0 Å². The average Bonchev–Trinajstić information content (AvgIpc) is 3.02. The molecule has 29 heavy (non-hydrogen) atoms. The second-order valence-corrected chi connectivity index (χ2v) is 9.87. The number of aliphatic hydroxyl groups excluding tert-OH is 1. The van der Waals surface area contributed by atoms with Crippen LogP contribution in [0.5, 0.6) is 0 Å². The number of aryl methyl sites for hydroxylation is 1. The summed E-state index contributed by atoms with van der Waals surface area (Å²) in [6.07, 6.45) is 2.78. The van der Waals surface area contributed by atoms with Crippen molar-refractivity contribution >= 4 is 28.2 Å². The lowest BCUT2D eigenvalue weighted by Crippen LogP contribution is -2.30. The van der Waals surface area contributed by atoms with Crippen LogP contribution in [-0.4, -0.2) is 30.1 Å². The number of rotatable bonds is 5. The van der Waals surface area contributed by atoms with Gasteiger partial charge in [-0.2, -0.15) is 0 Å². The van der Waals surface area contributed by atoms with Crippen molar-refractivity contribution in [2.75, 3.05) is 18.5 Å². The van der Waals surface area contributed by atoms with Crippen molar-refractivity contribution in [1.82, 2.24) is 5.32 Å². The Morgan fingerprint density at radius 1 is 1.21 bits per heavy atom. The van der Waals surface area contributed by atoms with Gasteiger partial charge in [-0.15, -0.1) is 11.3 Å². The highest BCUT2D eigenvalue weighted by Gasteiger charge is 2.34. The van der Waals surface area contributed by atoms with Gasteiger partial charge < -0.3 is 15.7 Å². The molecule has 2 amide bonds. The van der Waals surface area contributed by atoms with Crippen molar-refractivity contribution in [2.24, 2.45) is 11.3 Å². The Bertz CT molecular complexity index is 911. The predicted molar refractivity (Wildman–Crippen MR) is 118 cm³/mol. The molecule has 0 radical (unpaired) electrons. The van der Waals surface area contributed by atoms with E-state index in [1.54, 1.807) is 6.07 Å². The quantitative estimate of drug-likeness (QED) is 0.687. The van der Waals surface area contributed by atoms with E-state index in [2.05, 4.69) is 31.4 Å². The molecule has 1 aliphatic carbocycles. The molecule has 0 saturated heterocycles. The molecule has 0 fully saturated rings. The van der Waals surface area contributed by atoms with E-state index >= 15 is 0 Å². The molecule has 1 aromatic carbocycles. The Labute approximate surface area is 176 Å². The summed E-state index contributed by atoms with van der Waals surface area (Å²) in [6, 6.07) is 7.43. The minimum Gasteiger partial charge on any atom is -0.395 e. The number of hydrogen-bond donors (Lipinski definition) is 3. The van der Waals surface area contributed by atoms with Crippen LogP contribution in [0.3, 0.4) is 0 Å². The zero-order chi connectivity index (χ0) is 21.2. The van der Waals surface area contributed by atoms with E-state index in [9.17, 15) is 9.59 Å². The normalized spacial score (nSPS) is 16.2. The van der Waals surface area contributed by atoms with Crippen LogP contribution in [-0.2, 0) is 12.8 Å². The van der Waals surface area contributed by atoms with Crippen molar-refractivity contribution in [3.05, 3.63) is 51.4 Å². The van der Waals surface area contributed by atoms with Crippen molar-refractivity contribution in [2.45, 2.75) is 47.0 Å². The van der Waals surface area contributed by atoms with Crippen LogP contribution in [0, 0.1) is 18.3 Å². The number of carbonyl (C=O) groups excluding carboxylic acids is 2. The topological polar surface area (TPSA) is 78.4 Å². The van der Waals surface area contributed by atoms with Crippen LogP contribution < -0.4 is 10.6 Å². The third-order valence-electron chi connectivity index (χ3n) is 5.73. The van der Waals surface area contributed by atoms with Gasteiger partial charge >= 0.3 is 0 Å². The summed E-state index contributed by atoms with van der Waals surface area (Å²) >= 11 is 1.52. The summed E-state index contributed by atoms with van der Waals surface area (Å²) in [4.78, 5) is 26.9. The van der Waals surface area contributed by atoms with Gasteiger partial charge in [0.2, 0.25) is 0 Å². The van der Waals surface area contributed by atoms with E-state index in [1.165, 1.54) is 16.2 Å². The first-order chi connectivity index (χ1) is 13.7. The first kappa shape index (κ1) is 21.5. The van der Waals surface area contributed by atoms with E-state index in [0.717, 1.165) is 30.4 Å². The summed E-state index contributed by atoms with van der Waals surface area (Å²) in [5, 5.41) is 15.4. The van der Waals surface area contributed by atoms with Gasteiger partial charge in [-0.3, -0.25) is 9.59 Å². The number of amides is 2. The average molecular weight is 415 g/mol. The van der Waals surface area contributed by atoms with Gasteiger partial charge in [0.1, 0.15) is 5.00 Å². The monoisotopic (exact) mass is 414 g/mol. The second-order valence-electron chi connectivity index (χ2n) is 8.76. The number of nitrogens with one attached hydrogen (secondary N) is 2. The first-order valence-corrected chi connectivity index (χ1v) is 10.9. The standard InChI is InChI=1S/C23H30N2O3S/c1-14-7-5-6-8-16(14)20(27)25-22-19(21(28)24-11-12-26)17-10-9-15(23(2,3)4)13-18(17)29-22/h5-8,15,26H,9-13H2,1-4H3,(H,24,28)(H,25,27)/t15-/m1/s1. The molecule has 0 spiro atoms. The molecular formula is C23H30N2O3S. The molecule has 156 valence electrons. The lowest BCUT2D eigenvalue weighted by molar-refractivity contribution is 0.0944. The minimum atomic E-state index is -0.231. The predicted octanol–water partition coefficient (Wildman–Crippen LogP) is 4.18. The van der Waals surface area contributed by atoms with E-state index < -0.39 is 0 Å². The maximum atomic E-state index is 12.9. The van der Waals surface area contributed by atoms with Crippen molar-refractivity contribution in [3.63, 3.8) is 0 Å². The Hall–Kier alpha value is -2.18. The van der Waals surface area contributed by atoms with Crippen LogP contribution >= 0.6 is 11.3 Å². The molecule has 0 unspecified atom stereocenters. The van der Waals surface area contributed by atoms with Crippen LogP contribution in [0.15, 0.2) is 24.3 Å². The Morgan fingerprint density at radius 2 is 1.93 bits per heavy atom. The third kappa shape index (κ3) is 4.70. The van der Waals surface area contributed by atoms with Crippen molar-refractivity contribution in [1.29, 1.82) is 0 Å². The lowest BCUT2D eigenvalue weighted by atomic mass is 9.72. The fourth-order valence-corrected chi connectivity index (χ4v) is 5.23. The minimum absolute atomic E-state index is 0.116.